The van der Waals surface area contributed by atoms with E-state index in [1.165, 1.54) is 0 Å². The fourth-order valence-corrected chi connectivity index (χ4v) is 2.19. The van der Waals surface area contributed by atoms with Gasteiger partial charge in [-0.2, -0.15) is 4.98 Å². The van der Waals surface area contributed by atoms with E-state index in [-0.39, 0.29) is 19.1 Å². The average Bonchev–Trinajstić information content (AvgIpc) is 3.14. The number of nitrogens with zero attached hydrogens (tertiary/aromatic N) is 2. The predicted octanol–water partition coefficient (Wildman–Crippen LogP) is 2.75. The fourth-order valence-electron chi connectivity index (χ4n) is 2.19. The van der Waals surface area contributed by atoms with Gasteiger partial charge in [0.2, 0.25) is 11.7 Å². The van der Waals surface area contributed by atoms with Crippen molar-refractivity contribution in [2.75, 3.05) is 13.7 Å². The lowest BCUT2D eigenvalue weighted by atomic mass is 10.1. The Kier molecular flexibility index (Phi) is 5.48. The molecule has 0 aliphatic heterocycles. The molecule has 1 amide bonds. The van der Waals surface area contributed by atoms with Crippen LogP contribution in [0.4, 0.5) is 0 Å². The second kappa shape index (κ2) is 8.15. The molecule has 0 saturated heterocycles. The molecular weight excluding hydrogens is 334 g/mol. The van der Waals surface area contributed by atoms with Crippen molar-refractivity contribution in [3.8, 4) is 22.9 Å². The second-order valence-electron chi connectivity index (χ2n) is 5.62. The molecule has 0 saturated carbocycles. The number of amides is 1. The summed E-state index contributed by atoms with van der Waals surface area (Å²) in [4.78, 5) is 16.1. The van der Waals surface area contributed by atoms with Crippen LogP contribution in [0.25, 0.3) is 11.4 Å². The van der Waals surface area contributed by atoms with E-state index in [4.69, 9.17) is 14.0 Å². The summed E-state index contributed by atoms with van der Waals surface area (Å²) in [5.74, 6) is 1.85. The molecule has 0 fully saturated rings. The first kappa shape index (κ1) is 17.5. The number of benzene rings is 2. The minimum absolute atomic E-state index is 0.106. The number of ether oxygens (including phenoxy) is 2. The number of nitrogens with one attached hydrogen (secondary N) is 1. The van der Waals surface area contributed by atoms with E-state index < -0.39 is 0 Å². The molecule has 1 aromatic heterocycles. The second-order valence-corrected chi connectivity index (χ2v) is 5.62. The Morgan fingerprint density at radius 2 is 1.77 bits per heavy atom. The Hall–Kier alpha value is -3.35. The monoisotopic (exact) mass is 353 g/mol. The van der Waals surface area contributed by atoms with Crippen LogP contribution in [0.2, 0.25) is 0 Å². The van der Waals surface area contributed by atoms with Crippen LogP contribution in [0.15, 0.2) is 53.1 Å². The summed E-state index contributed by atoms with van der Waals surface area (Å²) in [5.41, 5.74) is 2.02. The smallest absolute Gasteiger partial charge is 0.258 e. The van der Waals surface area contributed by atoms with E-state index >= 15 is 0 Å². The van der Waals surface area contributed by atoms with Crippen molar-refractivity contribution in [2.45, 2.75) is 13.5 Å². The minimum Gasteiger partial charge on any atom is -0.497 e. The van der Waals surface area contributed by atoms with Gasteiger partial charge in [0.15, 0.2) is 6.61 Å². The molecule has 0 aliphatic rings. The third kappa shape index (κ3) is 4.60. The summed E-state index contributed by atoms with van der Waals surface area (Å²) in [6, 6.07) is 14.8. The molecule has 0 aliphatic carbocycles. The zero-order chi connectivity index (χ0) is 18.4. The van der Waals surface area contributed by atoms with E-state index in [1.54, 1.807) is 31.4 Å². The highest BCUT2D eigenvalue weighted by atomic mass is 16.5. The number of aryl methyl sites for hydroxylation is 1. The van der Waals surface area contributed by atoms with Gasteiger partial charge in [-0.15, -0.1) is 0 Å². The molecule has 3 aromatic rings. The molecule has 7 nitrogen and oxygen atoms in total. The van der Waals surface area contributed by atoms with Gasteiger partial charge in [-0.3, -0.25) is 4.79 Å². The summed E-state index contributed by atoms with van der Waals surface area (Å²) in [5, 5.41) is 6.60. The lowest BCUT2D eigenvalue weighted by Gasteiger charge is -2.06. The SMILES string of the molecule is COc1ccc(OCC(=O)NCc2nc(-c3ccc(C)cc3)no2)cc1. The lowest BCUT2D eigenvalue weighted by Crippen LogP contribution is -2.28. The van der Waals surface area contributed by atoms with Crippen LogP contribution in [0, 0.1) is 6.92 Å². The molecule has 0 atom stereocenters. The highest BCUT2D eigenvalue weighted by Gasteiger charge is 2.10. The van der Waals surface area contributed by atoms with Gasteiger partial charge in [0.1, 0.15) is 11.5 Å². The van der Waals surface area contributed by atoms with Gasteiger partial charge in [-0.25, -0.2) is 0 Å². The summed E-state index contributed by atoms with van der Waals surface area (Å²) in [6.45, 7) is 2.05. The summed E-state index contributed by atoms with van der Waals surface area (Å²) in [6.07, 6.45) is 0. The lowest BCUT2D eigenvalue weighted by molar-refractivity contribution is -0.123. The molecule has 7 heteroatoms. The number of hydrogen-bond acceptors (Lipinski definition) is 6. The zero-order valence-electron chi connectivity index (χ0n) is 14.6. The van der Waals surface area contributed by atoms with Crippen LogP contribution in [-0.2, 0) is 11.3 Å². The van der Waals surface area contributed by atoms with Gasteiger partial charge in [0, 0.05) is 5.56 Å². The summed E-state index contributed by atoms with van der Waals surface area (Å²) in [7, 11) is 1.59. The number of carbonyl (C=O) groups excluding carboxylic acids is 1. The van der Waals surface area contributed by atoms with E-state index in [0.717, 1.165) is 16.9 Å². The largest absolute Gasteiger partial charge is 0.497 e. The van der Waals surface area contributed by atoms with Gasteiger partial charge < -0.3 is 19.3 Å². The Balaban J connectivity index is 1.47. The molecule has 1 heterocycles. The first-order valence-electron chi connectivity index (χ1n) is 8.07. The number of hydrogen-bond donors (Lipinski definition) is 1. The molecule has 3 rings (SSSR count). The highest BCUT2D eigenvalue weighted by molar-refractivity contribution is 5.77. The number of carbonyl (C=O) groups is 1. The Bertz CT molecular complexity index is 857. The molecule has 2 aromatic carbocycles. The Labute approximate surface area is 150 Å². The van der Waals surface area contributed by atoms with Crippen LogP contribution in [0.3, 0.4) is 0 Å². The van der Waals surface area contributed by atoms with Crippen molar-refractivity contribution in [3.05, 3.63) is 60.0 Å². The normalized spacial score (nSPS) is 10.4. The molecule has 0 spiro atoms. The number of aromatic nitrogens is 2. The maximum absolute atomic E-state index is 11.9. The van der Waals surface area contributed by atoms with Crippen molar-refractivity contribution >= 4 is 5.91 Å². The third-order valence-corrected chi connectivity index (χ3v) is 3.64. The van der Waals surface area contributed by atoms with Crippen LogP contribution in [0.1, 0.15) is 11.5 Å². The Morgan fingerprint density at radius 1 is 1.08 bits per heavy atom. The molecule has 26 heavy (non-hydrogen) atoms. The van der Waals surface area contributed by atoms with Crippen LogP contribution >= 0.6 is 0 Å². The minimum atomic E-state index is -0.282. The maximum Gasteiger partial charge on any atom is 0.258 e. The van der Waals surface area contributed by atoms with Crippen LogP contribution in [-0.4, -0.2) is 29.8 Å². The van der Waals surface area contributed by atoms with E-state index in [9.17, 15) is 4.79 Å². The quantitative estimate of drug-likeness (QED) is 0.703. The third-order valence-electron chi connectivity index (χ3n) is 3.64. The topological polar surface area (TPSA) is 86.5 Å². The summed E-state index contributed by atoms with van der Waals surface area (Å²) >= 11 is 0. The first-order valence-corrected chi connectivity index (χ1v) is 8.07. The Morgan fingerprint density at radius 3 is 2.46 bits per heavy atom. The average molecular weight is 353 g/mol. The van der Waals surface area contributed by atoms with Crippen molar-refractivity contribution in [1.82, 2.24) is 15.5 Å². The number of methoxy groups -OCH3 is 1. The van der Waals surface area contributed by atoms with Crippen LogP contribution < -0.4 is 14.8 Å². The van der Waals surface area contributed by atoms with Crippen molar-refractivity contribution in [2.24, 2.45) is 0 Å². The van der Waals surface area contributed by atoms with E-state index in [2.05, 4.69) is 15.5 Å². The maximum atomic E-state index is 11.9. The molecule has 0 unspecified atom stereocenters. The standard InChI is InChI=1S/C19H19N3O4/c1-13-3-5-14(6-4-13)19-21-18(26-22-19)11-20-17(23)12-25-16-9-7-15(24-2)8-10-16/h3-10H,11-12H2,1-2H3,(H,20,23). The van der Waals surface area contributed by atoms with E-state index in [1.807, 2.05) is 31.2 Å². The number of rotatable bonds is 7. The van der Waals surface area contributed by atoms with E-state index in [0.29, 0.717) is 17.5 Å². The molecule has 134 valence electrons. The molecular formula is C19H19N3O4. The summed E-state index contributed by atoms with van der Waals surface area (Å²) < 4.78 is 15.6. The fraction of sp³-hybridized carbons (Fsp3) is 0.211. The van der Waals surface area contributed by atoms with Crippen LogP contribution in [0.5, 0.6) is 11.5 Å². The van der Waals surface area contributed by atoms with Crippen molar-refractivity contribution < 1.29 is 18.8 Å². The molecule has 0 bridgehead atoms. The van der Waals surface area contributed by atoms with Gasteiger partial charge in [-0.05, 0) is 31.2 Å². The predicted molar refractivity (Wildman–Crippen MR) is 94.8 cm³/mol. The van der Waals surface area contributed by atoms with Gasteiger partial charge >= 0.3 is 0 Å². The van der Waals surface area contributed by atoms with Gasteiger partial charge in [0.05, 0.1) is 13.7 Å². The van der Waals surface area contributed by atoms with Crippen molar-refractivity contribution in [1.29, 1.82) is 0 Å². The zero-order valence-corrected chi connectivity index (χ0v) is 14.6. The van der Waals surface area contributed by atoms with Gasteiger partial charge in [-0.1, -0.05) is 35.0 Å². The first-order chi connectivity index (χ1) is 12.6. The molecule has 1 N–H and O–H groups in total. The van der Waals surface area contributed by atoms with Gasteiger partial charge in [0.25, 0.3) is 5.91 Å². The highest BCUT2D eigenvalue weighted by Crippen LogP contribution is 2.17. The van der Waals surface area contributed by atoms with Crippen molar-refractivity contribution in [3.63, 3.8) is 0 Å². The molecule has 0 radical (unpaired) electrons.